The van der Waals surface area contributed by atoms with Crippen molar-refractivity contribution in [2.24, 2.45) is 5.73 Å². The van der Waals surface area contributed by atoms with Gasteiger partial charge in [-0.15, -0.1) is 6.58 Å². The summed E-state index contributed by atoms with van der Waals surface area (Å²) in [6.07, 6.45) is 17.4. The Kier molecular flexibility index (Phi) is 121. The molecule has 0 atom stereocenters. The number of nitrogens with one attached hydrogen (secondary N) is 2. The van der Waals surface area contributed by atoms with Gasteiger partial charge in [-0.2, -0.15) is 23.5 Å². The second-order valence-corrected chi connectivity index (χ2v) is 40.6. The fraction of sp³-hybridized carbons (Fsp3) is 0.581. The molecule has 136 heavy (non-hydrogen) atoms. The molecule has 6 aromatic carbocycles. The first-order chi connectivity index (χ1) is 62.5. The molecule has 0 amide bonds. The molecule has 6 aliphatic rings. The number of nitrogens with two attached hydrogens (primary N) is 1. The van der Waals surface area contributed by atoms with Crippen LogP contribution >= 0.6 is 23.5 Å². The van der Waals surface area contributed by atoms with Crippen molar-refractivity contribution in [3.8, 4) is 0 Å². The van der Waals surface area contributed by atoms with E-state index in [1.54, 1.807) is 12.1 Å². The van der Waals surface area contributed by atoms with Crippen molar-refractivity contribution >= 4 is 95.1 Å². The number of allylic oxidation sites excluding steroid dienone is 3. The van der Waals surface area contributed by atoms with Gasteiger partial charge in [-0.3, -0.25) is 34.1 Å². The second kappa shape index (κ2) is 108. The van der Waals surface area contributed by atoms with Crippen molar-refractivity contribution in [2.45, 2.75) is 232 Å². The number of hydrogen-bond donors (Lipinski definition) is 3. The van der Waals surface area contributed by atoms with Crippen molar-refractivity contribution in [2.75, 3.05) is 168 Å². The summed E-state index contributed by atoms with van der Waals surface area (Å²) in [5.41, 5.74) is 12.0. The van der Waals surface area contributed by atoms with Gasteiger partial charge in [0.2, 0.25) is 5.97 Å². The average molecular weight is 2030 g/mol. The molecule has 6 aromatic rings. The van der Waals surface area contributed by atoms with Gasteiger partial charge >= 0.3 is 41.5 Å². The van der Waals surface area contributed by atoms with Gasteiger partial charge in [0.25, 0.3) is 0 Å². The molecule has 31 heteroatoms. The normalized spacial score (nSPS) is 15.1. The van der Waals surface area contributed by atoms with Gasteiger partial charge in [0.1, 0.15) is 6.29 Å². The molecule has 6 heterocycles. The van der Waals surface area contributed by atoms with Crippen LogP contribution in [0.5, 0.6) is 0 Å². The van der Waals surface area contributed by atoms with E-state index in [0.717, 1.165) is 77.9 Å². The number of aldehydes is 1. The van der Waals surface area contributed by atoms with Crippen LogP contribution in [0.4, 0.5) is 0 Å². The molecule has 6 aliphatic heterocycles. The quantitative estimate of drug-likeness (QED) is 0.0169. The zero-order valence-electron chi connectivity index (χ0n) is 83.4. The Morgan fingerprint density at radius 1 is 0.412 bits per heavy atom. The Morgan fingerprint density at radius 3 is 0.772 bits per heavy atom. The van der Waals surface area contributed by atoms with E-state index >= 15 is 0 Å². The van der Waals surface area contributed by atoms with E-state index in [1.165, 1.54) is 129 Å². The van der Waals surface area contributed by atoms with Gasteiger partial charge in [-0.05, 0) is 67.7 Å². The molecule has 4 N–H and O–H groups in total. The minimum Gasteiger partial charge on any atom is -0.793 e. The number of nitrogens with zero attached hydrogens (tertiary/aromatic N) is 5. The minimum atomic E-state index is -2.75. The molecule has 23 nitrogen and oxygen atoms in total. The monoisotopic (exact) mass is 2030 g/mol. The molecular weight excluding hydrogens is 1840 g/mol. The first-order valence-corrected chi connectivity index (χ1v) is 55.9. The van der Waals surface area contributed by atoms with Crippen molar-refractivity contribution < 1.29 is 96.8 Å². The molecule has 779 valence electrons. The predicted octanol–water partition coefficient (Wildman–Crippen LogP) is 17.8. The molecule has 3 radical (unpaired) electrons. The molecule has 0 saturated carbocycles. The van der Waals surface area contributed by atoms with Crippen molar-refractivity contribution in [3.05, 3.63) is 240 Å². The molecular formula is C105H189BN8NaO15S6. The number of hydrogen-bond acceptors (Lipinski definition) is 25. The molecule has 6 saturated heterocycles. The van der Waals surface area contributed by atoms with Crippen LogP contribution in [0.25, 0.3) is 0 Å². The number of sulfone groups is 4. The Balaban J connectivity index is -0.000000139. The van der Waals surface area contributed by atoms with Crippen LogP contribution in [0, 0.1) is 0 Å². The third kappa shape index (κ3) is 103. The van der Waals surface area contributed by atoms with Gasteiger partial charge in [-0.25, -0.2) is 53.0 Å². The summed E-state index contributed by atoms with van der Waals surface area (Å²) in [5, 5.41) is 6.19. The van der Waals surface area contributed by atoms with Crippen LogP contribution in [-0.2, 0) is 101 Å². The van der Waals surface area contributed by atoms with E-state index in [2.05, 4.69) is 209 Å². The number of thioether (sulfide) groups is 2. The van der Waals surface area contributed by atoms with Crippen LogP contribution in [0.15, 0.2) is 207 Å². The summed E-state index contributed by atoms with van der Waals surface area (Å²) >= 11 is 4.10. The topological polar surface area (TPSA) is 299 Å². The van der Waals surface area contributed by atoms with Crippen LogP contribution in [0.1, 0.15) is 237 Å². The summed E-state index contributed by atoms with van der Waals surface area (Å²) in [6, 6.07) is 60.5. The van der Waals surface area contributed by atoms with Crippen LogP contribution in [0.2, 0.25) is 0 Å². The first-order valence-electron chi connectivity index (χ1n) is 46.3. The Morgan fingerprint density at radius 2 is 0.632 bits per heavy atom. The molecule has 0 aliphatic carbocycles. The van der Waals surface area contributed by atoms with Crippen molar-refractivity contribution in [3.63, 3.8) is 0 Å². The number of rotatable bonds is 19. The van der Waals surface area contributed by atoms with Gasteiger partial charge < -0.3 is 29.1 Å². The summed E-state index contributed by atoms with van der Waals surface area (Å²) in [6.45, 7) is 50.5. The summed E-state index contributed by atoms with van der Waals surface area (Å²) in [5.74, 6) is 5.91. The third-order valence-corrected chi connectivity index (χ3v) is 26.2. The van der Waals surface area contributed by atoms with E-state index in [-0.39, 0.29) is 66.7 Å². The molecule has 0 aromatic heterocycles. The maximum atomic E-state index is 11.2. The zero-order chi connectivity index (χ0) is 98.7. The largest absolute Gasteiger partial charge is 1.00 e. The molecule has 6 fully saturated rings. The van der Waals surface area contributed by atoms with Gasteiger partial charge in [0, 0.05) is 161 Å². The average Bonchev–Trinajstić information content (AvgIpc) is 0.874. The maximum absolute atomic E-state index is 11.2. The van der Waals surface area contributed by atoms with Crippen LogP contribution in [-0.4, -0.2) is 258 Å². The number of unbranched alkanes of at least 4 members (excludes halogenated alkanes) is 5. The predicted molar refractivity (Wildman–Crippen MR) is 590 cm³/mol. The van der Waals surface area contributed by atoms with Crippen LogP contribution in [0.3, 0.4) is 0 Å². The van der Waals surface area contributed by atoms with E-state index in [9.17, 15) is 52.8 Å². The Bertz CT molecular complexity index is 3650. The standard InChI is InChI=1S/4C11H15NO2S.C11H15NS.C7H6O.C6H14.C6H12.C5H10.C4H9NS.C4H6O4.C3H9N.C2H3BO2.C2H7N.3C2H6.5CH4.Na/c4*13-15(14)8-6-12(7-9-15)10-11-4-2-1-3-5-11;1-2-4-11(5-3-1)10-12-6-8-13-9-7-12;8-6-7-4-2-1-3-5-7;2*1-3-5-6-4-2;1-3-5-4-2;1-3-6-4-2-5-1;1-3(5)7-8-4(2)6;1-3-4-2;1-2(4)5-3;1-2-3;3*1-2;;;;;;/h4*1-5H,6-10H2;1-5H,6-10H2;1-6H;3-6H2,1-2H3;3,5H,4,6H2,1-2H3;3H,1,4-5H2,2H3;5H,1-4H2;1-2H3;4H,3H2,1-2H3;1H3;2-3H2,1H3;3*1-2H3;5*1H4;/q;;;;;;;;;;;;-1;;;;;;;;;;+1/b;;;;;;;5-3+;;;;;;;;;;;;;;;. The van der Waals surface area contributed by atoms with E-state index in [4.69, 9.17) is 5.73 Å². The van der Waals surface area contributed by atoms with Crippen molar-refractivity contribution in [1.82, 2.24) is 35.1 Å². The van der Waals surface area contributed by atoms with Gasteiger partial charge in [-0.1, -0.05) is 359 Å². The summed E-state index contributed by atoms with van der Waals surface area (Å²) in [7, 11) is -4.75. The maximum Gasteiger partial charge on any atom is 1.00 e. The second-order valence-electron chi connectivity index (χ2n) is 28.9. The fourth-order valence-corrected chi connectivity index (χ4v) is 17.7. The van der Waals surface area contributed by atoms with E-state index in [1.807, 2.05) is 164 Å². The zero-order valence-corrected chi connectivity index (χ0v) is 90.3. The molecule has 0 unspecified atom stereocenters. The Hall–Kier alpha value is -5.88. The summed E-state index contributed by atoms with van der Waals surface area (Å²) in [4.78, 5) is 58.1. The molecule has 0 bridgehead atoms. The van der Waals surface area contributed by atoms with Gasteiger partial charge in [0.15, 0.2) is 39.3 Å². The molecule has 0 spiro atoms. The first kappa shape index (κ1) is 153. The Labute approximate surface area is 865 Å². The molecule has 12 rings (SSSR count). The SMILES string of the molecule is C.C.C.C.C.C/C=C/CCC.C1CSCCN1.C=CCCC.CC.CC.CC.CC(=O)OOC(C)=O.CCCCCC.CCN.CCNC.O=Cc1ccccc1.O=S1(=O)CCN(Cc2ccccc2)CC1.O=S1(=O)CCN(Cc2ccccc2)CC1.O=S1(=O)CCN(Cc2ccccc2)CC1.O=S1(=O)CCN(Cc2ccccc2)CC1.[B-]OC(C)=O.[Na+].c1ccc(CN2CCSCC2)cc1. The smallest absolute Gasteiger partial charge is 0.793 e. The van der Waals surface area contributed by atoms with E-state index < -0.39 is 57.3 Å². The van der Waals surface area contributed by atoms with Crippen LogP contribution < -0.4 is 45.9 Å². The van der Waals surface area contributed by atoms with Gasteiger partial charge in [0.05, 0.1) is 46.0 Å². The van der Waals surface area contributed by atoms with E-state index in [0.29, 0.717) is 98.4 Å². The third-order valence-electron chi connectivity index (χ3n) is 17.8. The number of carbonyl (C=O) groups is 4. The van der Waals surface area contributed by atoms with Crippen molar-refractivity contribution in [1.29, 1.82) is 0 Å². The number of benzene rings is 6. The number of carbonyl (C=O) groups excluding carboxylic acids is 4. The minimum absolute atomic E-state index is 0. The fourth-order valence-electron chi connectivity index (χ4n) is 10.8. The summed E-state index contributed by atoms with van der Waals surface area (Å²) < 4.78 is 93.4.